The summed E-state index contributed by atoms with van der Waals surface area (Å²) in [6.45, 7) is 2.88. The lowest BCUT2D eigenvalue weighted by Gasteiger charge is -2.26. The average Bonchev–Trinajstić information content (AvgIpc) is 2.84. The topological polar surface area (TPSA) is 29.1 Å². The standard InChI is InChI=1S/C14H17BrFNO/c1-2-14(6-3-7-17-14)13(18)9-10-8-11(15)4-5-12(10)16/h4-5,8,17H,2-3,6-7,9H2,1H3. The zero-order chi connectivity index (χ0) is 13.2. The number of nitrogens with one attached hydrogen (secondary N) is 1. The van der Waals surface area contributed by atoms with Crippen LogP contribution < -0.4 is 5.32 Å². The van der Waals surface area contributed by atoms with Crippen LogP contribution in [0.1, 0.15) is 31.7 Å². The van der Waals surface area contributed by atoms with Crippen LogP contribution in [0.25, 0.3) is 0 Å². The summed E-state index contributed by atoms with van der Waals surface area (Å²) in [5.74, 6) is -0.213. The van der Waals surface area contributed by atoms with Crippen molar-refractivity contribution in [1.29, 1.82) is 0 Å². The molecule has 1 aliphatic heterocycles. The van der Waals surface area contributed by atoms with Crippen LogP contribution in [-0.4, -0.2) is 17.9 Å². The fourth-order valence-electron chi connectivity index (χ4n) is 2.56. The minimum absolute atomic E-state index is 0.0968. The molecule has 1 N–H and O–H groups in total. The zero-order valence-electron chi connectivity index (χ0n) is 10.4. The summed E-state index contributed by atoms with van der Waals surface area (Å²) in [5.41, 5.74) is 0.0327. The highest BCUT2D eigenvalue weighted by molar-refractivity contribution is 9.10. The molecule has 1 aliphatic rings. The Kier molecular flexibility index (Phi) is 4.17. The molecule has 4 heteroatoms. The van der Waals surface area contributed by atoms with E-state index in [1.165, 1.54) is 6.07 Å². The van der Waals surface area contributed by atoms with Gasteiger partial charge < -0.3 is 5.32 Å². The Morgan fingerprint density at radius 1 is 1.56 bits per heavy atom. The van der Waals surface area contributed by atoms with Gasteiger partial charge in [-0.2, -0.15) is 0 Å². The SMILES string of the molecule is CCC1(C(=O)Cc2cc(Br)ccc2F)CCCN1. The van der Waals surface area contributed by atoms with E-state index in [-0.39, 0.29) is 18.0 Å². The Morgan fingerprint density at radius 3 is 2.94 bits per heavy atom. The average molecular weight is 314 g/mol. The molecular weight excluding hydrogens is 297 g/mol. The Bertz CT molecular complexity index is 455. The summed E-state index contributed by atoms with van der Waals surface area (Å²) in [6.07, 6.45) is 2.80. The van der Waals surface area contributed by atoms with E-state index < -0.39 is 5.54 Å². The molecule has 2 rings (SSSR count). The number of Topliss-reactive ketones (excluding diaryl/α,β-unsaturated/α-hetero) is 1. The van der Waals surface area contributed by atoms with E-state index in [4.69, 9.17) is 0 Å². The smallest absolute Gasteiger partial charge is 0.157 e. The Labute approximate surface area is 115 Å². The first kappa shape index (κ1) is 13.7. The van der Waals surface area contributed by atoms with Gasteiger partial charge in [-0.1, -0.05) is 22.9 Å². The molecule has 1 saturated heterocycles. The predicted molar refractivity (Wildman–Crippen MR) is 73.1 cm³/mol. The molecule has 1 aromatic carbocycles. The van der Waals surface area contributed by atoms with E-state index >= 15 is 0 Å². The van der Waals surface area contributed by atoms with Gasteiger partial charge in [0.2, 0.25) is 0 Å². The number of carbonyl (C=O) groups is 1. The first-order chi connectivity index (χ1) is 8.57. The van der Waals surface area contributed by atoms with Gasteiger partial charge in [-0.25, -0.2) is 4.39 Å². The monoisotopic (exact) mass is 313 g/mol. The van der Waals surface area contributed by atoms with Gasteiger partial charge in [-0.3, -0.25) is 4.79 Å². The molecule has 1 aromatic rings. The minimum atomic E-state index is -0.436. The lowest BCUT2D eigenvalue weighted by Crippen LogP contribution is -2.47. The minimum Gasteiger partial charge on any atom is -0.305 e. The van der Waals surface area contributed by atoms with E-state index in [0.29, 0.717) is 5.56 Å². The number of hydrogen-bond acceptors (Lipinski definition) is 2. The molecule has 1 atom stereocenters. The van der Waals surface area contributed by atoms with Gasteiger partial charge in [-0.05, 0) is 49.6 Å². The first-order valence-corrected chi connectivity index (χ1v) is 7.09. The van der Waals surface area contributed by atoms with Crippen molar-refractivity contribution in [2.75, 3.05) is 6.54 Å². The molecule has 1 fully saturated rings. The van der Waals surface area contributed by atoms with E-state index in [1.54, 1.807) is 12.1 Å². The fourth-order valence-corrected chi connectivity index (χ4v) is 2.97. The molecule has 0 radical (unpaired) electrons. The molecule has 0 spiro atoms. The molecule has 0 amide bonds. The molecular formula is C14H17BrFNO. The Morgan fingerprint density at radius 2 is 2.33 bits per heavy atom. The zero-order valence-corrected chi connectivity index (χ0v) is 12.0. The van der Waals surface area contributed by atoms with E-state index in [0.717, 1.165) is 30.3 Å². The number of halogens is 2. The third-order valence-corrected chi connectivity index (χ3v) is 4.23. The number of benzene rings is 1. The normalized spacial score (nSPS) is 23.3. The number of ketones is 1. The van der Waals surface area contributed by atoms with Crippen LogP contribution in [0.3, 0.4) is 0 Å². The maximum atomic E-state index is 13.7. The van der Waals surface area contributed by atoms with Gasteiger partial charge in [0.25, 0.3) is 0 Å². The van der Waals surface area contributed by atoms with Crippen molar-refractivity contribution >= 4 is 21.7 Å². The van der Waals surface area contributed by atoms with Crippen molar-refractivity contribution in [2.45, 2.75) is 38.1 Å². The summed E-state index contributed by atoms with van der Waals surface area (Å²) in [6, 6.07) is 4.73. The third kappa shape index (κ3) is 2.64. The van der Waals surface area contributed by atoms with Gasteiger partial charge in [-0.15, -0.1) is 0 Å². The van der Waals surface area contributed by atoms with Crippen molar-refractivity contribution in [3.05, 3.63) is 34.1 Å². The summed E-state index contributed by atoms with van der Waals surface area (Å²) in [4.78, 5) is 12.4. The van der Waals surface area contributed by atoms with Crippen LogP contribution in [0.15, 0.2) is 22.7 Å². The van der Waals surface area contributed by atoms with Crippen molar-refractivity contribution < 1.29 is 9.18 Å². The first-order valence-electron chi connectivity index (χ1n) is 6.29. The highest BCUT2D eigenvalue weighted by Gasteiger charge is 2.38. The lowest BCUT2D eigenvalue weighted by molar-refractivity contribution is -0.124. The highest BCUT2D eigenvalue weighted by atomic mass is 79.9. The van der Waals surface area contributed by atoms with E-state index in [9.17, 15) is 9.18 Å². The second kappa shape index (κ2) is 5.49. The Hall–Kier alpha value is -0.740. The van der Waals surface area contributed by atoms with Crippen LogP contribution in [0.5, 0.6) is 0 Å². The number of rotatable bonds is 4. The maximum Gasteiger partial charge on any atom is 0.157 e. The molecule has 0 bridgehead atoms. The molecule has 2 nitrogen and oxygen atoms in total. The van der Waals surface area contributed by atoms with Crippen molar-refractivity contribution in [3.63, 3.8) is 0 Å². The quantitative estimate of drug-likeness (QED) is 0.924. The largest absolute Gasteiger partial charge is 0.305 e. The lowest BCUT2D eigenvalue weighted by atomic mass is 9.86. The summed E-state index contributed by atoms with van der Waals surface area (Å²) < 4.78 is 14.5. The molecule has 0 aliphatic carbocycles. The van der Waals surface area contributed by atoms with Gasteiger partial charge in [0.1, 0.15) is 5.82 Å². The molecule has 0 aromatic heterocycles. The molecule has 1 heterocycles. The van der Waals surface area contributed by atoms with Gasteiger partial charge >= 0.3 is 0 Å². The molecule has 0 saturated carbocycles. The Balaban J connectivity index is 2.18. The van der Waals surface area contributed by atoms with Gasteiger partial charge in [0.15, 0.2) is 5.78 Å². The summed E-state index contributed by atoms with van der Waals surface area (Å²) in [5, 5.41) is 3.29. The predicted octanol–water partition coefficient (Wildman–Crippen LogP) is 3.23. The molecule has 98 valence electrons. The second-order valence-electron chi connectivity index (χ2n) is 4.80. The van der Waals surface area contributed by atoms with Crippen LogP contribution in [-0.2, 0) is 11.2 Å². The highest BCUT2D eigenvalue weighted by Crippen LogP contribution is 2.26. The van der Waals surface area contributed by atoms with Crippen LogP contribution in [0.4, 0.5) is 4.39 Å². The number of hydrogen-bond donors (Lipinski definition) is 1. The van der Waals surface area contributed by atoms with Crippen molar-refractivity contribution in [3.8, 4) is 0 Å². The maximum absolute atomic E-state index is 13.7. The number of carbonyl (C=O) groups excluding carboxylic acids is 1. The van der Waals surface area contributed by atoms with Crippen LogP contribution in [0.2, 0.25) is 0 Å². The van der Waals surface area contributed by atoms with Crippen LogP contribution in [0, 0.1) is 5.82 Å². The fraction of sp³-hybridized carbons (Fsp3) is 0.500. The van der Waals surface area contributed by atoms with E-state index in [1.807, 2.05) is 6.92 Å². The van der Waals surface area contributed by atoms with E-state index in [2.05, 4.69) is 21.2 Å². The molecule has 18 heavy (non-hydrogen) atoms. The third-order valence-electron chi connectivity index (χ3n) is 3.74. The summed E-state index contributed by atoms with van der Waals surface area (Å²) >= 11 is 3.31. The van der Waals surface area contributed by atoms with Gasteiger partial charge in [0, 0.05) is 10.9 Å². The van der Waals surface area contributed by atoms with Crippen LogP contribution >= 0.6 is 15.9 Å². The van der Waals surface area contributed by atoms with Gasteiger partial charge in [0.05, 0.1) is 5.54 Å². The van der Waals surface area contributed by atoms with Crippen molar-refractivity contribution in [2.24, 2.45) is 0 Å². The second-order valence-corrected chi connectivity index (χ2v) is 5.72. The van der Waals surface area contributed by atoms with Crippen molar-refractivity contribution in [1.82, 2.24) is 5.32 Å². The summed E-state index contributed by atoms with van der Waals surface area (Å²) in [7, 11) is 0. The molecule has 1 unspecified atom stereocenters.